The smallest absolute Gasteiger partial charge is 0.290 e. The summed E-state index contributed by atoms with van der Waals surface area (Å²) in [5, 5.41) is 0. The second kappa shape index (κ2) is 8.26. The molecule has 0 saturated carbocycles. The van der Waals surface area contributed by atoms with Gasteiger partial charge in [-0.25, -0.2) is 4.98 Å². The molecule has 2 fully saturated rings. The number of fused-ring (bicyclic) bond motifs is 1. The molecule has 1 aromatic rings. The zero-order valence-electron chi connectivity index (χ0n) is 17.5. The molecule has 1 unspecified atom stereocenters. The van der Waals surface area contributed by atoms with Crippen molar-refractivity contribution in [2.75, 3.05) is 19.6 Å². The van der Waals surface area contributed by atoms with Gasteiger partial charge in [-0.05, 0) is 63.7 Å². The van der Waals surface area contributed by atoms with E-state index < -0.39 is 0 Å². The summed E-state index contributed by atoms with van der Waals surface area (Å²) >= 11 is 0. The van der Waals surface area contributed by atoms with Crippen LogP contribution in [0.4, 0.5) is 0 Å². The third-order valence-corrected chi connectivity index (χ3v) is 6.94. The molecule has 3 aliphatic rings. The summed E-state index contributed by atoms with van der Waals surface area (Å²) < 4.78 is 2.06. The van der Waals surface area contributed by atoms with E-state index in [0.717, 1.165) is 83.2 Å². The van der Waals surface area contributed by atoms with Crippen molar-refractivity contribution < 1.29 is 9.59 Å². The molecule has 28 heavy (non-hydrogen) atoms. The van der Waals surface area contributed by atoms with Gasteiger partial charge in [0.25, 0.3) is 11.8 Å². The molecule has 0 aliphatic carbocycles. The second-order valence-electron chi connectivity index (χ2n) is 8.87. The molecule has 0 bridgehead atoms. The number of amides is 2. The van der Waals surface area contributed by atoms with Crippen molar-refractivity contribution in [3.63, 3.8) is 0 Å². The van der Waals surface area contributed by atoms with E-state index in [1.54, 1.807) is 0 Å². The number of hydrogen-bond donors (Lipinski definition) is 0. The number of nitrogens with zero attached hydrogens (tertiary/aromatic N) is 4. The third-order valence-electron chi connectivity index (χ3n) is 6.94. The Morgan fingerprint density at radius 1 is 0.964 bits per heavy atom. The highest BCUT2D eigenvalue weighted by molar-refractivity contribution is 5.97. The van der Waals surface area contributed by atoms with E-state index in [0.29, 0.717) is 23.5 Å². The molecule has 2 amide bonds. The standard InChI is InChI=1S/C22H34N4O2/c1-3-17-8-4-6-12-25(17)22(28)20-23-19(18-9-5-7-13-26(18)20)21(27)24-14-10-16(2)11-15-24/h16-17H,3-15H2,1-2H3. The van der Waals surface area contributed by atoms with E-state index in [1.807, 2.05) is 9.80 Å². The Morgan fingerprint density at radius 2 is 1.71 bits per heavy atom. The van der Waals surface area contributed by atoms with E-state index in [-0.39, 0.29) is 11.8 Å². The number of piperidine rings is 2. The van der Waals surface area contributed by atoms with Crippen molar-refractivity contribution >= 4 is 11.8 Å². The maximum absolute atomic E-state index is 13.4. The van der Waals surface area contributed by atoms with Gasteiger partial charge in [-0.2, -0.15) is 0 Å². The van der Waals surface area contributed by atoms with Crippen LogP contribution in [0.1, 0.15) is 92.0 Å². The number of rotatable bonds is 3. The van der Waals surface area contributed by atoms with Crippen molar-refractivity contribution in [3.05, 3.63) is 17.2 Å². The normalized spacial score (nSPS) is 23.6. The van der Waals surface area contributed by atoms with Gasteiger partial charge >= 0.3 is 0 Å². The van der Waals surface area contributed by atoms with Gasteiger partial charge in [0.15, 0.2) is 5.82 Å². The van der Waals surface area contributed by atoms with E-state index in [2.05, 4.69) is 18.4 Å². The lowest BCUT2D eigenvalue weighted by Crippen LogP contribution is -2.44. The fraction of sp³-hybridized carbons (Fsp3) is 0.773. The highest BCUT2D eigenvalue weighted by Crippen LogP contribution is 2.27. The van der Waals surface area contributed by atoms with Crippen LogP contribution in [-0.4, -0.2) is 56.8 Å². The monoisotopic (exact) mass is 386 g/mol. The molecule has 3 aliphatic heterocycles. The van der Waals surface area contributed by atoms with Gasteiger partial charge in [0.1, 0.15) is 5.69 Å². The van der Waals surface area contributed by atoms with E-state index in [4.69, 9.17) is 4.98 Å². The molecule has 1 aromatic heterocycles. The minimum absolute atomic E-state index is 0.0287. The fourth-order valence-corrected chi connectivity index (χ4v) is 5.06. The first-order valence-corrected chi connectivity index (χ1v) is 11.3. The third kappa shape index (κ3) is 3.58. The second-order valence-corrected chi connectivity index (χ2v) is 8.87. The largest absolute Gasteiger partial charge is 0.337 e. The topological polar surface area (TPSA) is 58.4 Å². The lowest BCUT2D eigenvalue weighted by Gasteiger charge is -2.35. The van der Waals surface area contributed by atoms with Gasteiger partial charge in [-0.1, -0.05) is 13.8 Å². The SMILES string of the molecule is CCC1CCCCN1C(=O)c1nc(C(=O)N2CCC(C)CC2)c2n1CCCC2. The average molecular weight is 387 g/mol. The number of likely N-dealkylation sites (tertiary alicyclic amines) is 2. The van der Waals surface area contributed by atoms with Gasteiger partial charge in [-0.3, -0.25) is 9.59 Å². The van der Waals surface area contributed by atoms with Crippen LogP contribution >= 0.6 is 0 Å². The van der Waals surface area contributed by atoms with Crippen LogP contribution in [-0.2, 0) is 13.0 Å². The lowest BCUT2D eigenvalue weighted by atomic mass is 9.98. The van der Waals surface area contributed by atoms with Crippen LogP contribution in [0.15, 0.2) is 0 Å². The molecule has 6 nitrogen and oxygen atoms in total. The Balaban J connectivity index is 1.63. The first-order chi connectivity index (χ1) is 13.6. The molecule has 6 heteroatoms. The van der Waals surface area contributed by atoms with Crippen molar-refractivity contribution in [1.82, 2.24) is 19.4 Å². The Hall–Kier alpha value is -1.85. The fourth-order valence-electron chi connectivity index (χ4n) is 5.06. The van der Waals surface area contributed by atoms with Crippen LogP contribution in [0.5, 0.6) is 0 Å². The minimum atomic E-state index is 0.0287. The minimum Gasteiger partial charge on any atom is -0.337 e. The summed E-state index contributed by atoms with van der Waals surface area (Å²) in [7, 11) is 0. The van der Waals surface area contributed by atoms with E-state index in [1.165, 1.54) is 6.42 Å². The van der Waals surface area contributed by atoms with Gasteiger partial charge in [0.05, 0.1) is 5.69 Å². The van der Waals surface area contributed by atoms with Crippen molar-refractivity contribution in [1.29, 1.82) is 0 Å². The first kappa shape index (κ1) is 19.5. The molecule has 0 radical (unpaired) electrons. The van der Waals surface area contributed by atoms with Crippen molar-refractivity contribution in [2.24, 2.45) is 5.92 Å². The Morgan fingerprint density at radius 3 is 2.46 bits per heavy atom. The van der Waals surface area contributed by atoms with Crippen LogP contribution in [0.25, 0.3) is 0 Å². The lowest BCUT2D eigenvalue weighted by molar-refractivity contribution is 0.0589. The molecule has 4 heterocycles. The maximum Gasteiger partial charge on any atom is 0.290 e. The van der Waals surface area contributed by atoms with Crippen molar-refractivity contribution in [2.45, 2.75) is 84.2 Å². The summed E-state index contributed by atoms with van der Waals surface area (Å²) in [6.07, 6.45) is 9.40. The number of imidazole rings is 1. The van der Waals surface area contributed by atoms with Crippen LogP contribution in [0, 0.1) is 5.92 Å². The number of carbonyl (C=O) groups is 2. The highest BCUT2D eigenvalue weighted by atomic mass is 16.2. The van der Waals surface area contributed by atoms with Crippen LogP contribution < -0.4 is 0 Å². The van der Waals surface area contributed by atoms with E-state index in [9.17, 15) is 9.59 Å². The summed E-state index contributed by atoms with van der Waals surface area (Å²) in [6.45, 7) is 7.63. The number of carbonyl (C=O) groups excluding carboxylic acids is 2. The van der Waals surface area contributed by atoms with Gasteiger partial charge < -0.3 is 14.4 Å². The molecule has 0 aromatic carbocycles. The molecule has 2 saturated heterocycles. The molecule has 4 rings (SSSR count). The summed E-state index contributed by atoms with van der Waals surface area (Å²) in [5.74, 6) is 1.24. The average Bonchev–Trinajstić information content (AvgIpc) is 3.13. The highest BCUT2D eigenvalue weighted by Gasteiger charge is 2.34. The molecule has 1 atom stereocenters. The van der Waals surface area contributed by atoms with Gasteiger partial charge in [-0.15, -0.1) is 0 Å². The van der Waals surface area contributed by atoms with Crippen LogP contribution in [0.2, 0.25) is 0 Å². The molecular weight excluding hydrogens is 352 g/mol. The first-order valence-electron chi connectivity index (χ1n) is 11.3. The zero-order valence-corrected chi connectivity index (χ0v) is 17.5. The summed E-state index contributed by atoms with van der Waals surface area (Å²) in [5.41, 5.74) is 1.53. The summed E-state index contributed by atoms with van der Waals surface area (Å²) in [4.78, 5) is 35.3. The van der Waals surface area contributed by atoms with Gasteiger partial charge in [0, 0.05) is 32.2 Å². The molecule has 0 N–H and O–H groups in total. The Bertz CT molecular complexity index is 733. The molecular formula is C22H34N4O2. The van der Waals surface area contributed by atoms with Gasteiger partial charge in [0.2, 0.25) is 0 Å². The van der Waals surface area contributed by atoms with Crippen LogP contribution in [0.3, 0.4) is 0 Å². The molecule has 0 spiro atoms. The quantitative estimate of drug-likeness (QED) is 0.799. The zero-order chi connectivity index (χ0) is 19.7. The molecule has 154 valence electrons. The predicted octanol–water partition coefficient (Wildman–Crippen LogP) is 3.50. The number of aromatic nitrogens is 2. The number of hydrogen-bond acceptors (Lipinski definition) is 3. The van der Waals surface area contributed by atoms with E-state index >= 15 is 0 Å². The predicted molar refractivity (Wildman–Crippen MR) is 108 cm³/mol. The maximum atomic E-state index is 13.4. The Kier molecular flexibility index (Phi) is 5.74. The Labute approximate surface area is 168 Å². The summed E-state index contributed by atoms with van der Waals surface area (Å²) in [6, 6.07) is 0.306. The van der Waals surface area contributed by atoms with Crippen molar-refractivity contribution in [3.8, 4) is 0 Å².